The molecule has 25 heavy (non-hydrogen) atoms. The Balaban J connectivity index is 2.23. The minimum absolute atomic E-state index is 0.197. The number of hydrogen-bond acceptors (Lipinski definition) is 5. The Hall–Kier alpha value is -3.04. The van der Waals surface area contributed by atoms with E-state index in [-0.39, 0.29) is 16.3 Å². The molecular weight excluding hydrogens is 345 g/mol. The molecule has 0 aliphatic rings. The molecule has 0 saturated heterocycles. The topological polar surface area (TPSA) is 67.2 Å². The Labute approximate surface area is 148 Å². The van der Waals surface area contributed by atoms with E-state index in [0.717, 1.165) is 0 Å². The number of methoxy groups -OCH3 is 2. The largest absolute Gasteiger partial charge is 0.493 e. The number of nitrogens with one attached hydrogen (secondary N) is 1. The fourth-order valence-electron chi connectivity index (χ4n) is 2.52. The van der Waals surface area contributed by atoms with Gasteiger partial charge in [0.2, 0.25) is 0 Å². The Kier molecular flexibility index (Phi) is 4.59. The molecule has 126 valence electrons. The first-order chi connectivity index (χ1) is 12.1. The highest BCUT2D eigenvalue weighted by Crippen LogP contribution is 2.39. The Bertz CT molecular complexity index is 1000. The van der Waals surface area contributed by atoms with Gasteiger partial charge in [-0.25, -0.2) is 4.39 Å². The zero-order chi connectivity index (χ0) is 18.0. The van der Waals surface area contributed by atoms with Gasteiger partial charge >= 0.3 is 0 Å². The lowest BCUT2D eigenvalue weighted by atomic mass is 10.1. The van der Waals surface area contributed by atoms with E-state index in [1.54, 1.807) is 18.2 Å². The number of benzene rings is 2. The molecule has 0 spiro atoms. The van der Waals surface area contributed by atoms with Crippen LogP contribution in [-0.4, -0.2) is 19.2 Å². The van der Waals surface area contributed by atoms with Crippen molar-refractivity contribution >= 4 is 33.9 Å². The van der Waals surface area contributed by atoms with Crippen LogP contribution in [0.2, 0.25) is 5.02 Å². The smallest absolute Gasteiger partial charge is 0.187 e. The second kappa shape index (κ2) is 6.83. The molecule has 7 heteroatoms. The summed E-state index contributed by atoms with van der Waals surface area (Å²) in [5, 5.41) is 13.2. The maximum atomic E-state index is 14.1. The van der Waals surface area contributed by atoms with Gasteiger partial charge in [-0.15, -0.1) is 0 Å². The first-order valence-corrected chi connectivity index (χ1v) is 7.62. The van der Waals surface area contributed by atoms with Crippen LogP contribution >= 0.6 is 11.6 Å². The van der Waals surface area contributed by atoms with Crippen molar-refractivity contribution in [3.63, 3.8) is 0 Å². The highest BCUT2D eigenvalue weighted by Gasteiger charge is 2.17. The number of anilines is 2. The molecule has 3 rings (SSSR count). The molecule has 0 aliphatic carbocycles. The third-order valence-electron chi connectivity index (χ3n) is 3.69. The quantitative estimate of drug-likeness (QED) is 0.735. The molecule has 0 atom stereocenters. The summed E-state index contributed by atoms with van der Waals surface area (Å²) in [6.07, 6.45) is 1.40. The monoisotopic (exact) mass is 357 g/mol. The van der Waals surface area contributed by atoms with Crippen LogP contribution in [0.5, 0.6) is 11.5 Å². The predicted octanol–water partition coefficient (Wildman–Crippen LogP) is 4.66. The molecule has 3 aromatic rings. The van der Waals surface area contributed by atoms with Crippen LogP contribution in [0, 0.1) is 17.1 Å². The van der Waals surface area contributed by atoms with Crippen LogP contribution in [0.25, 0.3) is 10.9 Å². The molecule has 1 heterocycles. The predicted molar refractivity (Wildman–Crippen MR) is 94.3 cm³/mol. The van der Waals surface area contributed by atoms with Gasteiger partial charge in [0, 0.05) is 16.6 Å². The van der Waals surface area contributed by atoms with Crippen molar-refractivity contribution in [1.29, 1.82) is 5.26 Å². The van der Waals surface area contributed by atoms with Crippen molar-refractivity contribution in [2.45, 2.75) is 0 Å². The van der Waals surface area contributed by atoms with Crippen LogP contribution in [0.1, 0.15) is 5.56 Å². The summed E-state index contributed by atoms with van der Waals surface area (Å²) in [5.74, 6) is 0.418. The van der Waals surface area contributed by atoms with Gasteiger partial charge in [0.25, 0.3) is 0 Å². The third-order valence-corrected chi connectivity index (χ3v) is 3.93. The minimum Gasteiger partial charge on any atom is -0.493 e. The zero-order valence-electron chi connectivity index (χ0n) is 13.4. The number of pyridine rings is 1. The van der Waals surface area contributed by atoms with Crippen molar-refractivity contribution in [1.82, 2.24) is 4.98 Å². The van der Waals surface area contributed by atoms with Gasteiger partial charge in [-0.1, -0.05) is 11.6 Å². The van der Waals surface area contributed by atoms with Gasteiger partial charge in [-0.3, -0.25) is 4.98 Å². The number of halogens is 2. The van der Waals surface area contributed by atoms with E-state index < -0.39 is 5.82 Å². The summed E-state index contributed by atoms with van der Waals surface area (Å²) >= 11 is 5.79. The van der Waals surface area contributed by atoms with Crippen LogP contribution < -0.4 is 14.8 Å². The van der Waals surface area contributed by atoms with E-state index in [4.69, 9.17) is 21.1 Å². The SMILES string of the molecule is COc1ccc2c(Nc3ccc(Cl)cc3F)c(C#N)cnc2c1OC. The van der Waals surface area contributed by atoms with Gasteiger partial charge < -0.3 is 14.8 Å². The number of nitriles is 1. The van der Waals surface area contributed by atoms with Gasteiger partial charge in [0.05, 0.1) is 31.2 Å². The molecule has 0 aliphatic heterocycles. The normalized spacial score (nSPS) is 10.4. The second-order valence-corrected chi connectivity index (χ2v) is 5.54. The molecule has 2 aromatic carbocycles. The van der Waals surface area contributed by atoms with Crippen LogP contribution in [0.3, 0.4) is 0 Å². The maximum Gasteiger partial charge on any atom is 0.187 e. The molecule has 1 N–H and O–H groups in total. The van der Waals surface area contributed by atoms with Crippen LogP contribution in [0.15, 0.2) is 36.5 Å². The van der Waals surface area contributed by atoms with E-state index in [0.29, 0.717) is 28.1 Å². The number of ether oxygens (including phenoxy) is 2. The molecule has 0 amide bonds. The lowest BCUT2D eigenvalue weighted by Crippen LogP contribution is -2.00. The molecule has 1 aromatic heterocycles. The Morgan fingerprint density at radius 2 is 2.00 bits per heavy atom. The summed E-state index contributed by atoms with van der Waals surface area (Å²) in [6.45, 7) is 0. The van der Waals surface area contributed by atoms with Crippen molar-refractivity contribution in [3.8, 4) is 17.6 Å². The lowest BCUT2D eigenvalue weighted by Gasteiger charge is -2.15. The molecule has 5 nitrogen and oxygen atoms in total. The fourth-order valence-corrected chi connectivity index (χ4v) is 2.68. The summed E-state index contributed by atoms with van der Waals surface area (Å²) in [4.78, 5) is 4.29. The zero-order valence-corrected chi connectivity index (χ0v) is 14.2. The van der Waals surface area contributed by atoms with Crippen LogP contribution in [0.4, 0.5) is 15.8 Å². The van der Waals surface area contributed by atoms with Gasteiger partial charge in [-0.2, -0.15) is 5.26 Å². The summed E-state index contributed by atoms with van der Waals surface area (Å²) in [5.41, 5.74) is 1.39. The van der Waals surface area contributed by atoms with Crippen LogP contribution in [-0.2, 0) is 0 Å². The van der Waals surface area contributed by atoms with E-state index >= 15 is 0 Å². The number of nitrogens with zero attached hydrogens (tertiary/aromatic N) is 2. The number of rotatable bonds is 4. The van der Waals surface area contributed by atoms with Gasteiger partial charge in [0.1, 0.15) is 17.4 Å². The second-order valence-electron chi connectivity index (χ2n) is 5.11. The van der Waals surface area contributed by atoms with Crippen molar-refractivity contribution < 1.29 is 13.9 Å². The number of fused-ring (bicyclic) bond motifs is 1. The first kappa shape index (κ1) is 16.8. The summed E-state index contributed by atoms with van der Waals surface area (Å²) < 4.78 is 24.8. The molecule has 0 unspecified atom stereocenters. The fraction of sp³-hybridized carbons (Fsp3) is 0.111. The van der Waals surface area contributed by atoms with Gasteiger partial charge in [-0.05, 0) is 30.3 Å². The molecule has 0 radical (unpaired) electrons. The number of hydrogen-bond donors (Lipinski definition) is 1. The van der Waals surface area contributed by atoms with Gasteiger partial charge in [0.15, 0.2) is 11.5 Å². The van der Waals surface area contributed by atoms with E-state index in [1.165, 1.54) is 32.5 Å². The first-order valence-electron chi connectivity index (χ1n) is 7.25. The lowest BCUT2D eigenvalue weighted by molar-refractivity contribution is 0.358. The van der Waals surface area contributed by atoms with Crippen molar-refractivity contribution in [2.75, 3.05) is 19.5 Å². The molecule has 0 fully saturated rings. The molecule has 0 bridgehead atoms. The summed E-state index contributed by atoms with van der Waals surface area (Å²) in [7, 11) is 3.03. The van der Waals surface area contributed by atoms with E-state index in [2.05, 4.69) is 16.4 Å². The van der Waals surface area contributed by atoms with E-state index in [1.807, 2.05) is 0 Å². The molecular formula is C18H13ClFN3O2. The highest BCUT2D eigenvalue weighted by atomic mass is 35.5. The van der Waals surface area contributed by atoms with Crippen molar-refractivity contribution in [2.24, 2.45) is 0 Å². The highest BCUT2D eigenvalue weighted by molar-refractivity contribution is 6.30. The molecule has 0 saturated carbocycles. The minimum atomic E-state index is -0.526. The standard InChI is InChI=1S/C18H13ClFN3O2/c1-24-15-6-4-12-16(23-14-5-3-11(19)7-13(14)20)10(8-21)9-22-17(12)18(15)25-2/h3-7,9H,1-2H3,(H,22,23). The summed E-state index contributed by atoms with van der Waals surface area (Å²) in [6, 6.07) is 9.76. The maximum absolute atomic E-state index is 14.1. The number of aromatic nitrogens is 1. The third kappa shape index (κ3) is 3.02. The van der Waals surface area contributed by atoms with E-state index in [9.17, 15) is 9.65 Å². The van der Waals surface area contributed by atoms with Crippen molar-refractivity contribution in [3.05, 3.63) is 52.9 Å². The Morgan fingerprint density at radius 3 is 2.64 bits per heavy atom. The average molecular weight is 358 g/mol. The Morgan fingerprint density at radius 1 is 1.20 bits per heavy atom. The average Bonchev–Trinajstić information content (AvgIpc) is 2.62.